The van der Waals surface area contributed by atoms with Crippen LogP contribution in [-0.2, 0) is 6.54 Å². The van der Waals surface area contributed by atoms with Crippen LogP contribution in [0.3, 0.4) is 0 Å². The molecule has 0 amide bonds. The van der Waals surface area contributed by atoms with E-state index in [0.717, 1.165) is 30.8 Å². The molecule has 90 valence electrons. The van der Waals surface area contributed by atoms with Gasteiger partial charge >= 0.3 is 0 Å². The van der Waals surface area contributed by atoms with Gasteiger partial charge in [-0.3, -0.25) is 4.79 Å². The minimum absolute atomic E-state index is 0.0306. The molecule has 5 heteroatoms. The van der Waals surface area contributed by atoms with Gasteiger partial charge in [-0.1, -0.05) is 0 Å². The maximum atomic E-state index is 11.7. The first-order valence-corrected chi connectivity index (χ1v) is 6.21. The van der Waals surface area contributed by atoms with Gasteiger partial charge in [0.2, 0.25) is 0 Å². The summed E-state index contributed by atoms with van der Waals surface area (Å²) >= 11 is 4.13. The molecule has 0 spiro atoms. The van der Waals surface area contributed by atoms with Crippen LogP contribution in [0, 0.1) is 0 Å². The van der Waals surface area contributed by atoms with Crippen molar-refractivity contribution in [2.75, 3.05) is 24.2 Å². The van der Waals surface area contributed by atoms with Crippen LogP contribution in [0.25, 0.3) is 0 Å². The summed E-state index contributed by atoms with van der Waals surface area (Å²) in [5.74, 6) is 0.853. The fourth-order valence-electron chi connectivity index (χ4n) is 1.36. The molecule has 4 nitrogen and oxygen atoms in total. The van der Waals surface area contributed by atoms with Gasteiger partial charge in [0.15, 0.2) is 0 Å². The SMILES string of the molecule is CCN(C)c1cnn(CCCCS)c(=O)c1. The van der Waals surface area contributed by atoms with Gasteiger partial charge in [0.05, 0.1) is 11.9 Å². The van der Waals surface area contributed by atoms with Crippen molar-refractivity contribution in [2.24, 2.45) is 0 Å². The number of thiol groups is 1. The Hall–Kier alpha value is -0.970. The standard InChI is InChI=1S/C11H19N3OS/c1-3-13(2)10-8-11(15)14(12-9-10)6-4-5-7-16/h8-9,16H,3-7H2,1-2H3. The zero-order valence-corrected chi connectivity index (χ0v) is 10.8. The molecule has 0 saturated heterocycles. The van der Waals surface area contributed by atoms with E-state index in [1.165, 1.54) is 4.68 Å². The smallest absolute Gasteiger partial charge is 0.268 e. The Balaban J connectivity index is 2.72. The molecular weight excluding hydrogens is 222 g/mol. The topological polar surface area (TPSA) is 38.1 Å². The highest BCUT2D eigenvalue weighted by molar-refractivity contribution is 7.80. The predicted octanol–water partition coefficient (Wildman–Crippen LogP) is 1.41. The van der Waals surface area contributed by atoms with Gasteiger partial charge in [0, 0.05) is 26.2 Å². The molecule has 0 radical (unpaired) electrons. The summed E-state index contributed by atoms with van der Waals surface area (Å²) in [7, 11) is 1.95. The summed E-state index contributed by atoms with van der Waals surface area (Å²) in [6.07, 6.45) is 3.69. The fourth-order valence-corrected chi connectivity index (χ4v) is 1.58. The van der Waals surface area contributed by atoms with Crippen LogP contribution in [-0.4, -0.2) is 29.1 Å². The van der Waals surface area contributed by atoms with Crippen molar-refractivity contribution < 1.29 is 0 Å². The third kappa shape index (κ3) is 3.56. The number of aromatic nitrogens is 2. The molecule has 0 aromatic carbocycles. The van der Waals surface area contributed by atoms with E-state index in [2.05, 4.69) is 17.7 Å². The molecular formula is C11H19N3OS. The highest BCUT2D eigenvalue weighted by Gasteiger charge is 2.02. The summed E-state index contributed by atoms with van der Waals surface area (Å²) in [6, 6.07) is 1.64. The van der Waals surface area contributed by atoms with E-state index in [4.69, 9.17) is 0 Å². The largest absolute Gasteiger partial charge is 0.373 e. The molecule has 0 aliphatic carbocycles. The molecule has 1 rings (SSSR count). The van der Waals surface area contributed by atoms with Crippen molar-refractivity contribution in [3.8, 4) is 0 Å². The van der Waals surface area contributed by atoms with Gasteiger partial charge in [0.25, 0.3) is 5.56 Å². The summed E-state index contributed by atoms with van der Waals surface area (Å²) in [4.78, 5) is 13.7. The molecule has 0 bridgehead atoms. The molecule has 0 N–H and O–H groups in total. The molecule has 1 heterocycles. The molecule has 0 saturated carbocycles. The molecule has 0 atom stereocenters. The number of anilines is 1. The molecule has 16 heavy (non-hydrogen) atoms. The Kier molecular flexibility index (Phi) is 5.38. The zero-order valence-electron chi connectivity index (χ0n) is 9.89. The van der Waals surface area contributed by atoms with Crippen LogP contribution in [0.4, 0.5) is 5.69 Å². The van der Waals surface area contributed by atoms with Gasteiger partial charge in [-0.2, -0.15) is 17.7 Å². The maximum absolute atomic E-state index is 11.7. The summed E-state index contributed by atoms with van der Waals surface area (Å²) in [5, 5.41) is 4.16. The Morgan fingerprint density at radius 1 is 1.50 bits per heavy atom. The minimum atomic E-state index is -0.0306. The Morgan fingerprint density at radius 3 is 2.81 bits per heavy atom. The Labute approximate surface area is 102 Å². The normalized spacial score (nSPS) is 10.4. The third-order valence-corrected chi connectivity index (χ3v) is 2.86. The third-order valence-electron chi connectivity index (χ3n) is 2.55. The second-order valence-corrected chi connectivity index (χ2v) is 4.17. The van der Waals surface area contributed by atoms with Gasteiger partial charge in [-0.25, -0.2) is 4.68 Å². The maximum Gasteiger partial charge on any atom is 0.268 e. The van der Waals surface area contributed by atoms with Gasteiger partial charge in [-0.15, -0.1) is 0 Å². The number of rotatable bonds is 6. The summed E-state index contributed by atoms with van der Waals surface area (Å²) in [5.41, 5.74) is 0.843. The lowest BCUT2D eigenvalue weighted by atomic mass is 10.3. The van der Waals surface area contributed by atoms with Crippen molar-refractivity contribution >= 4 is 18.3 Å². The molecule has 0 unspecified atom stereocenters. The van der Waals surface area contributed by atoms with E-state index in [1.54, 1.807) is 12.3 Å². The van der Waals surface area contributed by atoms with E-state index in [1.807, 2.05) is 18.9 Å². The predicted molar refractivity (Wildman–Crippen MR) is 70.5 cm³/mol. The number of aryl methyl sites for hydroxylation is 1. The van der Waals surface area contributed by atoms with Gasteiger partial charge in [0.1, 0.15) is 0 Å². The Morgan fingerprint density at radius 2 is 2.25 bits per heavy atom. The van der Waals surface area contributed by atoms with Crippen LogP contribution in [0.5, 0.6) is 0 Å². The van der Waals surface area contributed by atoms with E-state index >= 15 is 0 Å². The highest BCUT2D eigenvalue weighted by Crippen LogP contribution is 2.05. The van der Waals surface area contributed by atoms with Gasteiger partial charge < -0.3 is 4.90 Å². The van der Waals surface area contributed by atoms with E-state index < -0.39 is 0 Å². The van der Waals surface area contributed by atoms with Crippen molar-refractivity contribution in [2.45, 2.75) is 26.3 Å². The molecule has 0 aliphatic rings. The van der Waals surface area contributed by atoms with E-state index in [9.17, 15) is 4.79 Å². The van der Waals surface area contributed by atoms with E-state index in [-0.39, 0.29) is 5.56 Å². The lowest BCUT2D eigenvalue weighted by molar-refractivity contribution is 0.544. The molecule has 0 aliphatic heterocycles. The number of hydrogen-bond donors (Lipinski definition) is 1. The van der Waals surface area contributed by atoms with Crippen molar-refractivity contribution in [1.82, 2.24) is 9.78 Å². The summed E-state index contributed by atoms with van der Waals surface area (Å²) in [6.45, 7) is 3.58. The zero-order chi connectivity index (χ0) is 12.0. The number of hydrogen-bond acceptors (Lipinski definition) is 4. The Bertz CT molecular complexity index is 378. The van der Waals surface area contributed by atoms with Crippen molar-refractivity contribution in [1.29, 1.82) is 0 Å². The minimum Gasteiger partial charge on any atom is -0.373 e. The first-order chi connectivity index (χ1) is 7.69. The van der Waals surface area contributed by atoms with Crippen LogP contribution in [0.2, 0.25) is 0 Å². The van der Waals surface area contributed by atoms with Crippen LogP contribution in [0.1, 0.15) is 19.8 Å². The van der Waals surface area contributed by atoms with Gasteiger partial charge in [-0.05, 0) is 25.5 Å². The average Bonchev–Trinajstić information content (AvgIpc) is 2.30. The average molecular weight is 241 g/mol. The highest BCUT2D eigenvalue weighted by atomic mass is 32.1. The molecule has 1 aromatic heterocycles. The second kappa shape index (κ2) is 6.58. The monoisotopic (exact) mass is 241 g/mol. The quantitative estimate of drug-likeness (QED) is 0.604. The lowest BCUT2D eigenvalue weighted by Crippen LogP contribution is -2.25. The van der Waals surface area contributed by atoms with E-state index in [0.29, 0.717) is 6.54 Å². The first kappa shape index (κ1) is 13.1. The first-order valence-electron chi connectivity index (χ1n) is 5.58. The summed E-state index contributed by atoms with van der Waals surface area (Å²) < 4.78 is 1.51. The lowest BCUT2D eigenvalue weighted by Gasteiger charge is -2.16. The van der Waals surface area contributed by atoms with Crippen LogP contribution >= 0.6 is 12.6 Å². The van der Waals surface area contributed by atoms with Crippen molar-refractivity contribution in [3.63, 3.8) is 0 Å². The van der Waals surface area contributed by atoms with Crippen LogP contribution < -0.4 is 10.5 Å². The number of nitrogens with zero attached hydrogens (tertiary/aromatic N) is 3. The second-order valence-electron chi connectivity index (χ2n) is 3.72. The fraction of sp³-hybridized carbons (Fsp3) is 0.636. The number of unbranched alkanes of at least 4 members (excludes halogenated alkanes) is 1. The molecule has 0 fully saturated rings. The van der Waals surface area contributed by atoms with Crippen molar-refractivity contribution in [3.05, 3.63) is 22.6 Å². The molecule has 1 aromatic rings. The van der Waals surface area contributed by atoms with Crippen LogP contribution in [0.15, 0.2) is 17.1 Å².